The highest BCUT2D eigenvalue weighted by molar-refractivity contribution is 5.79. The molecule has 3 heteroatoms. The minimum Gasteiger partial charge on any atom is -0.394 e. The zero-order valence-electron chi connectivity index (χ0n) is 8.64. The molecule has 1 aromatic heterocycles. The van der Waals surface area contributed by atoms with Gasteiger partial charge < -0.3 is 10.8 Å². The Kier molecular flexibility index (Phi) is 2.66. The SMILES string of the molecule is Cc1cnc2ccc(C(N)CO)cc2c1. The van der Waals surface area contributed by atoms with Gasteiger partial charge in [-0.25, -0.2) is 0 Å². The third kappa shape index (κ3) is 1.98. The quantitative estimate of drug-likeness (QED) is 0.776. The Hall–Kier alpha value is -1.45. The Labute approximate surface area is 88.6 Å². The minimum atomic E-state index is -0.310. The number of benzene rings is 1. The lowest BCUT2D eigenvalue weighted by atomic mass is 10.0. The number of pyridine rings is 1. The van der Waals surface area contributed by atoms with E-state index in [1.165, 1.54) is 0 Å². The van der Waals surface area contributed by atoms with E-state index in [9.17, 15) is 0 Å². The molecule has 3 N–H and O–H groups in total. The number of aliphatic hydroxyl groups excluding tert-OH is 1. The van der Waals surface area contributed by atoms with Gasteiger partial charge in [-0.05, 0) is 36.2 Å². The average molecular weight is 202 g/mol. The number of aromatic nitrogens is 1. The van der Waals surface area contributed by atoms with E-state index < -0.39 is 0 Å². The standard InChI is InChI=1S/C12H14N2O/c1-8-4-10-5-9(11(13)7-15)2-3-12(10)14-6-8/h2-6,11,15H,7,13H2,1H3. The maximum absolute atomic E-state index is 8.97. The number of aliphatic hydroxyl groups is 1. The molecule has 0 radical (unpaired) electrons. The predicted molar refractivity (Wildman–Crippen MR) is 60.5 cm³/mol. The number of hydrogen-bond acceptors (Lipinski definition) is 3. The van der Waals surface area contributed by atoms with Crippen molar-refractivity contribution in [3.8, 4) is 0 Å². The number of hydrogen-bond donors (Lipinski definition) is 2. The largest absolute Gasteiger partial charge is 0.394 e. The minimum absolute atomic E-state index is 0.0370. The summed E-state index contributed by atoms with van der Waals surface area (Å²) in [6.07, 6.45) is 1.84. The van der Waals surface area contributed by atoms with Crippen LogP contribution in [0.4, 0.5) is 0 Å². The molecule has 1 aromatic carbocycles. The lowest BCUT2D eigenvalue weighted by Gasteiger charge is -2.09. The molecule has 0 aliphatic carbocycles. The molecule has 0 amide bonds. The number of rotatable bonds is 2. The van der Waals surface area contributed by atoms with E-state index in [0.29, 0.717) is 0 Å². The molecule has 0 spiro atoms. The summed E-state index contributed by atoms with van der Waals surface area (Å²) in [5.41, 5.74) is 8.77. The van der Waals surface area contributed by atoms with Crippen molar-refractivity contribution in [2.24, 2.45) is 5.73 Å². The lowest BCUT2D eigenvalue weighted by Crippen LogP contribution is -2.14. The molecular weight excluding hydrogens is 188 g/mol. The van der Waals surface area contributed by atoms with Crippen LogP contribution in [0.3, 0.4) is 0 Å². The van der Waals surface area contributed by atoms with Gasteiger partial charge in [-0.2, -0.15) is 0 Å². The van der Waals surface area contributed by atoms with Gasteiger partial charge >= 0.3 is 0 Å². The van der Waals surface area contributed by atoms with Crippen molar-refractivity contribution in [3.63, 3.8) is 0 Å². The van der Waals surface area contributed by atoms with Crippen molar-refractivity contribution in [3.05, 3.63) is 41.6 Å². The Bertz CT molecular complexity index is 482. The molecule has 0 saturated carbocycles. The third-order valence-electron chi connectivity index (χ3n) is 2.47. The van der Waals surface area contributed by atoms with Crippen LogP contribution in [-0.4, -0.2) is 16.7 Å². The fourth-order valence-electron chi connectivity index (χ4n) is 1.60. The van der Waals surface area contributed by atoms with Crippen molar-refractivity contribution in [1.82, 2.24) is 4.98 Å². The predicted octanol–water partition coefficient (Wildman–Crippen LogP) is 1.54. The molecule has 1 unspecified atom stereocenters. The zero-order chi connectivity index (χ0) is 10.8. The van der Waals surface area contributed by atoms with E-state index >= 15 is 0 Å². The Morgan fingerprint density at radius 2 is 2.20 bits per heavy atom. The van der Waals surface area contributed by atoms with E-state index in [4.69, 9.17) is 10.8 Å². The Morgan fingerprint density at radius 1 is 1.40 bits per heavy atom. The van der Waals surface area contributed by atoms with Gasteiger partial charge in [0.1, 0.15) is 0 Å². The second kappa shape index (κ2) is 3.96. The first kappa shape index (κ1) is 10.1. The first-order chi connectivity index (χ1) is 7.20. The van der Waals surface area contributed by atoms with E-state index in [-0.39, 0.29) is 12.6 Å². The van der Waals surface area contributed by atoms with Crippen LogP contribution in [0.1, 0.15) is 17.2 Å². The highest BCUT2D eigenvalue weighted by atomic mass is 16.3. The lowest BCUT2D eigenvalue weighted by molar-refractivity contribution is 0.268. The van der Waals surface area contributed by atoms with Gasteiger partial charge in [0, 0.05) is 11.6 Å². The topological polar surface area (TPSA) is 59.1 Å². The first-order valence-corrected chi connectivity index (χ1v) is 4.93. The molecule has 78 valence electrons. The third-order valence-corrected chi connectivity index (χ3v) is 2.47. The summed E-state index contributed by atoms with van der Waals surface area (Å²) < 4.78 is 0. The highest BCUT2D eigenvalue weighted by Crippen LogP contribution is 2.18. The van der Waals surface area contributed by atoms with Crippen LogP contribution in [0.15, 0.2) is 30.5 Å². The van der Waals surface area contributed by atoms with Gasteiger partial charge in [-0.3, -0.25) is 4.98 Å². The van der Waals surface area contributed by atoms with Gasteiger partial charge in [0.25, 0.3) is 0 Å². The van der Waals surface area contributed by atoms with Crippen molar-refractivity contribution in [2.45, 2.75) is 13.0 Å². The van der Waals surface area contributed by atoms with Crippen LogP contribution in [0.25, 0.3) is 10.9 Å². The smallest absolute Gasteiger partial charge is 0.0702 e. The normalized spacial score (nSPS) is 13.0. The van der Waals surface area contributed by atoms with Crippen LogP contribution in [0.5, 0.6) is 0 Å². The van der Waals surface area contributed by atoms with Crippen molar-refractivity contribution < 1.29 is 5.11 Å². The Morgan fingerprint density at radius 3 is 2.93 bits per heavy atom. The number of nitrogens with zero attached hydrogens (tertiary/aromatic N) is 1. The van der Waals surface area contributed by atoms with Gasteiger partial charge in [0.15, 0.2) is 0 Å². The molecule has 2 aromatic rings. The van der Waals surface area contributed by atoms with Gasteiger partial charge in [0.2, 0.25) is 0 Å². The number of aryl methyl sites for hydroxylation is 1. The van der Waals surface area contributed by atoms with Crippen LogP contribution >= 0.6 is 0 Å². The summed E-state index contributed by atoms with van der Waals surface area (Å²) in [7, 11) is 0. The molecule has 0 saturated heterocycles. The summed E-state index contributed by atoms with van der Waals surface area (Å²) in [5.74, 6) is 0. The van der Waals surface area contributed by atoms with Crippen molar-refractivity contribution in [1.29, 1.82) is 0 Å². The second-order valence-electron chi connectivity index (χ2n) is 3.75. The van der Waals surface area contributed by atoms with Crippen LogP contribution in [0.2, 0.25) is 0 Å². The molecule has 0 aliphatic heterocycles. The summed E-state index contributed by atoms with van der Waals surface area (Å²) in [6.45, 7) is 1.97. The molecule has 2 rings (SSSR count). The number of fused-ring (bicyclic) bond motifs is 1. The van der Waals surface area contributed by atoms with E-state index in [2.05, 4.69) is 11.1 Å². The van der Waals surface area contributed by atoms with Crippen LogP contribution < -0.4 is 5.73 Å². The van der Waals surface area contributed by atoms with Gasteiger partial charge in [0.05, 0.1) is 18.2 Å². The molecular formula is C12H14N2O. The maximum Gasteiger partial charge on any atom is 0.0702 e. The molecule has 0 bridgehead atoms. The molecule has 1 heterocycles. The van der Waals surface area contributed by atoms with Gasteiger partial charge in [-0.1, -0.05) is 6.07 Å². The highest BCUT2D eigenvalue weighted by Gasteiger charge is 2.05. The average Bonchev–Trinajstić information content (AvgIpc) is 2.27. The summed E-state index contributed by atoms with van der Waals surface area (Å²) in [5, 5.41) is 10.0. The monoisotopic (exact) mass is 202 g/mol. The molecule has 15 heavy (non-hydrogen) atoms. The van der Waals surface area contributed by atoms with E-state index in [1.54, 1.807) is 0 Å². The summed E-state index contributed by atoms with van der Waals surface area (Å²) in [4.78, 5) is 4.30. The van der Waals surface area contributed by atoms with Gasteiger partial charge in [-0.15, -0.1) is 0 Å². The zero-order valence-corrected chi connectivity index (χ0v) is 8.64. The second-order valence-corrected chi connectivity index (χ2v) is 3.75. The summed E-state index contributed by atoms with van der Waals surface area (Å²) >= 11 is 0. The van der Waals surface area contributed by atoms with Crippen molar-refractivity contribution in [2.75, 3.05) is 6.61 Å². The molecule has 3 nitrogen and oxygen atoms in total. The summed E-state index contributed by atoms with van der Waals surface area (Å²) in [6, 6.07) is 7.58. The maximum atomic E-state index is 8.97. The molecule has 1 atom stereocenters. The Balaban J connectivity index is 2.54. The van der Waals surface area contributed by atoms with Crippen LogP contribution in [0, 0.1) is 6.92 Å². The molecule has 0 aliphatic rings. The molecule has 0 fully saturated rings. The van der Waals surface area contributed by atoms with Crippen LogP contribution in [-0.2, 0) is 0 Å². The fourth-order valence-corrected chi connectivity index (χ4v) is 1.60. The number of nitrogens with two attached hydrogens (primary N) is 1. The fraction of sp³-hybridized carbons (Fsp3) is 0.250. The van der Waals surface area contributed by atoms with Crippen molar-refractivity contribution >= 4 is 10.9 Å². The first-order valence-electron chi connectivity index (χ1n) is 4.93. The van der Waals surface area contributed by atoms with E-state index in [1.807, 2.05) is 31.3 Å². The van der Waals surface area contributed by atoms with E-state index in [0.717, 1.165) is 22.0 Å².